The van der Waals surface area contributed by atoms with E-state index in [-0.39, 0.29) is 11.1 Å². The number of hydrogen-bond acceptors (Lipinski definition) is 2. The highest BCUT2D eigenvalue weighted by molar-refractivity contribution is 5.65. The van der Waals surface area contributed by atoms with Gasteiger partial charge >= 0.3 is 0 Å². The lowest BCUT2D eigenvalue weighted by molar-refractivity contribution is 0.631. The van der Waals surface area contributed by atoms with Gasteiger partial charge in [-0.15, -0.1) is 0 Å². The fourth-order valence-electron chi connectivity index (χ4n) is 1.43. The summed E-state index contributed by atoms with van der Waals surface area (Å²) in [5.74, 6) is -0.454. The lowest BCUT2D eigenvalue weighted by Crippen LogP contribution is -2.02. The predicted octanol–water partition coefficient (Wildman–Crippen LogP) is 2.05. The van der Waals surface area contributed by atoms with E-state index in [2.05, 4.69) is 4.98 Å². The van der Waals surface area contributed by atoms with Crippen molar-refractivity contribution < 1.29 is 4.39 Å². The third-order valence-electron chi connectivity index (χ3n) is 2.18. The van der Waals surface area contributed by atoms with Crippen LogP contribution in [0.5, 0.6) is 0 Å². The summed E-state index contributed by atoms with van der Waals surface area (Å²) in [6.45, 7) is 0. The van der Waals surface area contributed by atoms with Gasteiger partial charge in [-0.2, -0.15) is 5.26 Å². The van der Waals surface area contributed by atoms with Gasteiger partial charge in [0.25, 0.3) is 0 Å². The van der Waals surface area contributed by atoms with E-state index < -0.39 is 5.82 Å². The van der Waals surface area contributed by atoms with Gasteiger partial charge < -0.3 is 4.98 Å². The molecule has 1 heterocycles. The fourth-order valence-corrected chi connectivity index (χ4v) is 1.43. The Morgan fingerprint density at radius 2 is 2.06 bits per heavy atom. The zero-order valence-corrected chi connectivity index (χ0v) is 8.20. The van der Waals surface area contributed by atoms with Crippen molar-refractivity contribution in [2.45, 2.75) is 0 Å². The first-order valence-electron chi connectivity index (χ1n) is 4.59. The third kappa shape index (κ3) is 1.84. The number of pyridine rings is 1. The van der Waals surface area contributed by atoms with Crippen LogP contribution in [0.15, 0.2) is 41.3 Å². The van der Waals surface area contributed by atoms with E-state index in [1.165, 1.54) is 30.5 Å². The number of nitriles is 1. The van der Waals surface area contributed by atoms with Crippen LogP contribution in [0.1, 0.15) is 5.56 Å². The third-order valence-corrected chi connectivity index (χ3v) is 2.18. The molecule has 2 rings (SSSR count). The summed E-state index contributed by atoms with van der Waals surface area (Å²) in [7, 11) is 0. The number of aromatic nitrogens is 1. The second-order valence-electron chi connectivity index (χ2n) is 3.25. The van der Waals surface area contributed by atoms with E-state index in [0.717, 1.165) is 0 Å². The molecular weight excluding hydrogens is 207 g/mol. The van der Waals surface area contributed by atoms with E-state index in [1.54, 1.807) is 6.07 Å². The first kappa shape index (κ1) is 10.1. The van der Waals surface area contributed by atoms with Gasteiger partial charge in [0.2, 0.25) is 5.56 Å². The van der Waals surface area contributed by atoms with Gasteiger partial charge in [0.05, 0.1) is 11.6 Å². The van der Waals surface area contributed by atoms with Gasteiger partial charge in [-0.05, 0) is 29.8 Å². The number of halogens is 1. The summed E-state index contributed by atoms with van der Waals surface area (Å²) in [4.78, 5) is 13.5. The van der Waals surface area contributed by atoms with Crippen molar-refractivity contribution in [3.05, 3.63) is 58.3 Å². The summed E-state index contributed by atoms with van der Waals surface area (Å²) in [5.41, 5.74) is 0.763. The molecule has 0 unspecified atom stereocenters. The van der Waals surface area contributed by atoms with E-state index in [1.807, 2.05) is 6.07 Å². The predicted molar refractivity (Wildman–Crippen MR) is 57.2 cm³/mol. The van der Waals surface area contributed by atoms with Crippen molar-refractivity contribution in [1.29, 1.82) is 5.26 Å². The topological polar surface area (TPSA) is 56.6 Å². The molecule has 2 aromatic rings. The number of nitrogens with zero attached hydrogens (tertiary/aromatic N) is 1. The normalized spacial score (nSPS) is 9.75. The number of benzene rings is 1. The Kier molecular flexibility index (Phi) is 2.52. The number of H-pyrrole nitrogens is 1. The lowest BCUT2D eigenvalue weighted by atomic mass is 10.0. The molecule has 0 fully saturated rings. The maximum absolute atomic E-state index is 13.5. The van der Waals surface area contributed by atoms with Crippen molar-refractivity contribution in [2.75, 3.05) is 0 Å². The van der Waals surface area contributed by atoms with Crippen LogP contribution in [0.2, 0.25) is 0 Å². The van der Waals surface area contributed by atoms with Crippen LogP contribution in [-0.4, -0.2) is 4.98 Å². The van der Waals surface area contributed by atoms with Crippen LogP contribution in [0, 0.1) is 17.1 Å². The van der Waals surface area contributed by atoms with Crippen molar-refractivity contribution >= 4 is 0 Å². The van der Waals surface area contributed by atoms with Crippen molar-refractivity contribution in [3.63, 3.8) is 0 Å². The molecule has 0 saturated carbocycles. The van der Waals surface area contributed by atoms with Gasteiger partial charge in [0.15, 0.2) is 0 Å². The number of nitrogens with one attached hydrogen (secondary N) is 1. The Labute approximate surface area is 90.8 Å². The molecule has 0 bridgehead atoms. The Hall–Kier alpha value is -2.41. The molecule has 78 valence electrons. The largest absolute Gasteiger partial charge is 0.329 e. The summed E-state index contributed by atoms with van der Waals surface area (Å²) >= 11 is 0. The monoisotopic (exact) mass is 214 g/mol. The molecule has 4 heteroatoms. The summed E-state index contributed by atoms with van der Waals surface area (Å²) in [6.07, 6.45) is 1.44. The fraction of sp³-hybridized carbons (Fsp3) is 0. The van der Waals surface area contributed by atoms with Crippen LogP contribution in [-0.2, 0) is 0 Å². The van der Waals surface area contributed by atoms with Gasteiger partial charge in [-0.3, -0.25) is 4.79 Å². The Balaban J connectivity index is 2.64. The summed E-state index contributed by atoms with van der Waals surface area (Å²) in [5, 5.41) is 8.71. The average molecular weight is 214 g/mol. The molecule has 1 aromatic carbocycles. The average Bonchev–Trinajstić information content (AvgIpc) is 2.30. The molecule has 0 saturated heterocycles. The zero-order valence-electron chi connectivity index (χ0n) is 8.20. The maximum Gasteiger partial charge on any atom is 0.248 e. The van der Waals surface area contributed by atoms with E-state index in [0.29, 0.717) is 11.1 Å². The molecule has 0 atom stereocenters. The standard InChI is InChI=1S/C12H7FN2O/c13-11-2-1-8(7-14)5-10(11)9-3-4-15-12(16)6-9/h1-6H,(H,15,16). The van der Waals surface area contributed by atoms with Gasteiger partial charge in [0, 0.05) is 17.8 Å². The molecule has 0 spiro atoms. The zero-order chi connectivity index (χ0) is 11.5. The molecule has 0 amide bonds. The van der Waals surface area contributed by atoms with E-state index in [4.69, 9.17) is 5.26 Å². The molecule has 0 aliphatic heterocycles. The first-order chi connectivity index (χ1) is 7.70. The van der Waals surface area contributed by atoms with E-state index >= 15 is 0 Å². The van der Waals surface area contributed by atoms with Gasteiger partial charge in [-0.25, -0.2) is 4.39 Å². The molecule has 1 N–H and O–H groups in total. The van der Waals surface area contributed by atoms with Crippen LogP contribution < -0.4 is 5.56 Å². The van der Waals surface area contributed by atoms with Gasteiger partial charge in [0.1, 0.15) is 5.82 Å². The van der Waals surface area contributed by atoms with Gasteiger partial charge in [-0.1, -0.05) is 0 Å². The Morgan fingerprint density at radius 3 is 2.75 bits per heavy atom. The Morgan fingerprint density at radius 1 is 1.25 bits per heavy atom. The summed E-state index contributed by atoms with van der Waals surface area (Å²) < 4.78 is 13.5. The first-order valence-corrected chi connectivity index (χ1v) is 4.59. The highest BCUT2D eigenvalue weighted by Crippen LogP contribution is 2.22. The molecule has 3 nitrogen and oxygen atoms in total. The minimum Gasteiger partial charge on any atom is -0.329 e. The number of hydrogen-bond donors (Lipinski definition) is 1. The Bertz CT molecular complexity index is 625. The molecule has 16 heavy (non-hydrogen) atoms. The molecular formula is C12H7FN2O. The molecule has 1 aromatic heterocycles. The minimum atomic E-state index is -0.454. The highest BCUT2D eigenvalue weighted by Gasteiger charge is 2.06. The van der Waals surface area contributed by atoms with Crippen LogP contribution in [0.4, 0.5) is 4.39 Å². The second kappa shape index (κ2) is 3.99. The molecule has 0 aliphatic rings. The van der Waals surface area contributed by atoms with Crippen molar-refractivity contribution in [3.8, 4) is 17.2 Å². The molecule has 0 aliphatic carbocycles. The quantitative estimate of drug-likeness (QED) is 0.789. The number of aromatic amines is 1. The van der Waals surface area contributed by atoms with Crippen molar-refractivity contribution in [1.82, 2.24) is 4.98 Å². The lowest BCUT2D eigenvalue weighted by Gasteiger charge is -2.02. The van der Waals surface area contributed by atoms with Crippen LogP contribution in [0.3, 0.4) is 0 Å². The smallest absolute Gasteiger partial charge is 0.248 e. The number of rotatable bonds is 1. The molecule has 0 radical (unpaired) electrons. The van der Waals surface area contributed by atoms with Crippen LogP contribution >= 0.6 is 0 Å². The minimum absolute atomic E-state index is 0.255. The maximum atomic E-state index is 13.5. The van der Waals surface area contributed by atoms with Crippen LogP contribution in [0.25, 0.3) is 11.1 Å². The SMILES string of the molecule is N#Cc1ccc(F)c(-c2cc[nH]c(=O)c2)c1. The summed E-state index contributed by atoms with van der Waals surface area (Å²) in [6, 6.07) is 8.83. The second-order valence-corrected chi connectivity index (χ2v) is 3.25. The highest BCUT2D eigenvalue weighted by atomic mass is 19.1. The van der Waals surface area contributed by atoms with Crippen molar-refractivity contribution in [2.24, 2.45) is 0 Å². The van der Waals surface area contributed by atoms with E-state index in [9.17, 15) is 9.18 Å².